The Morgan fingerprint density at radius 3 is 2.74 bits per heavy atom. The molecule has 0 radical (unpaired) electrons. The van der Waals surface area contributed by atoms with Gasteiger partial charge in [-0.1, -0.05) is 24.3 Å². The van der Waals surface area contributed by atoms with E-state index in [0.717, 1.165) is 27.9 Å². The average Bonchev–Trinajstić information content (AvgIpc) is 3.27. The van der Waals surface area contributed by atoms with Crippen molar-refractivity contribution in [1.29, 1.82) is 0 Å². The molecule has 2 aromatic heterocycles. The number of H-pyrrole nitrogens is 1. The predicted octanol–water partition coefficient (Wildman–Crippen LogP) is 4.84. The molecule has 0 aliphatic carbocycles. The first-order valence-corrected chi connectivity index (χ1v) is 10.3. The third kappa shape index (κ3) is 4.78. The highest BCUT2D eigenvalue weighted by Crippen LogP contribution is 2.24. The molecule has 0 atom stereocenters. The molecule has 0 saturated carbocycles. The lowest BCUT2D eigenvalue weighted by atomic mass is 10.1. The van der Waals surface area contributed by atoms with E-state index in [1.165, 1.54) is 0 Å². The zero-order valence-corrected chi connectivity index (χ0v) is 18.2. The standard InChI is InChI=1S/C24H23N3O3S/c1-16-9-10-17-13-18(23(28)25-21(17)12-16)14-27(15-19-6-5-11-30-19)24(31)26-20-7-3-4-8-22(20)29-2/h3-13H,14-15H2,1-2H3,(H,25,28)(H,26,31). The van der Waals surface area contributed by atoms with Gasteiger partial charge in [-0.05, 0) is 66.5 Å². The van der Waals surface area contributed by atoms with E-state index in [9.17, 15) is 4.79 Å². The van der Waals surface area contributed by atoms with E-state index in [4.69, 9.17) is 21.4 Å². The number of rotatable bonds is 6. The summed E-state index contributed by atoms with van der Waals surface area (Å²) in [5.41, 5.74) is 3.15. The summed E-state index contributed by atoms with van der Waals surface area (Å²) in [6.07, 6.45) is 1.62. The average molecular weight is 434 g/mol. The van der Waals surface area contributed by atoms with Crippen LogP contribution in [0.2, 0.25) is 0 Å². The fourth-order valence-electron chi connectivity index (χ4n) is 3.42. The summed E-state index contributed by atoms with van der Waals surface area (Å²) in [5.74, 6) is 1.43. The Kier molecular flexibility index (Phi) is 6.04. The first-order valence-electron chi connectivity index (χ1n) is 9.87. The second kappa shape index (κ2) is 9.06. The van der Waals surface area contributed by atoms with Crippen LogP contribution in [0.4, 0.5) is 5.69 Å². The lowest BCUT2D eigenvalue weighted by Crippen LogP contribution is -2.35. The molecule has 4 aromatic rings. The molecule has 0 saturated heterocycles. The molecule has 7 heteroatoms. The first-order chi connectivity index (χ1) is 15.0. The van der Waals surface area contributed by atoms with Gasteiger partial charge in [-0.15, -0.1) is 0 Å². The van der Waals surface area contributed by atoms with Crippen molar-refractivity contribution in [2.24, 2.45) is 0 Å². The fraction of sp³-hybridized carbons (Fsp3) is 0.167. The maximum atomic E-state index is 12.8. The van der Waals surface area contributed by atoms with Gasteiger partial charge in [0.25, 0.3) is 5.56 Å². The number of aryl methyl sites for hydroxylation is 1. The van der Waals surface area contributed by atoms with E-state index in [1.807, 2.05) is 72.5 Å². The van der Waals surface area contributed by atoms with Crippen LogP contribution in [0.15, 0.2) is 76.1 Å². The summed E-state index contributed by atoms with van der Waals surface area (Å²) in [6, 6.07) is 19.2. The van der Waals surface area contributed by atoms with Gasteiger partial charge in [-0.25, -0.2) is 0 Å². The zero-order valence-electron chi connectivity index (χ0n) is 17.3. The molecular formula is C24H23N3O3S. The highest BCUT2D eigenvalue weighted by Gasteiger charge is 2.16. The summed E-state index contributed by atoms with van der Waals surface area (Å²) in [6.45, 7) is 2.74. The lowest BCUT2D eigenvalue weighted by molar-refractivity contribution is 0.359. The maximum Gasteiger partial charge on any atom is 0.253 e. The predicted molar refractivity (Wildman–Crippen MR) is 126 cm³/mol. The molecule has 2 aromatic carbocycles. The van der Waals surface area contributed by atoms with Gasteiger partial charge in [0.15, 0.2) is 5.11 Å². The first kappa shape index (κ1) is 20.7. The minimum absolute atomic E-state index is 0.136. The normalized spacial score (nSPS) is 10.8. The van der Waals surface area contributed by atoms with Gasteiger partial charge in [0, 0.05) is 11.1 Å². The highest BCUT2D eigenvalue weighted by molar-refractivity contribution is 7.80. The van der Waals surface area contributed by atoms with Crippen LogP contribution in [-0.4, -0.2) is 22.1 Å². The Morgan fingerprint density at radius 1 is 1.13 bits per heavy atom. The van der Waals surface area contributed by atoms with E-state index >= 15 is 0 Å². The van der Waals surface area contributed by atoms with Gasteiger partial charge in [-0.3, -0.25) is 4.79 Å². The SMILES string of the molecule is COc1ccccc1NC(=S)N(Cc1ccco1)Cc1cc2ccc(C)cc2[nH]c1=O. The van der Waals surface area contributed by atoms with Crippen molar-refractivity contribution in [3.63, 3.8) is 0 Å². The molecule has 0 spiro atoms. The van der Waals surface area contributed by atoms with Gasteiger partial charge in [0.1, 0.15) is 11.5 Å². The number of aromatic nitrogens is 1. The molecule has 2 heterocycles. The Bertz CT molecular complexity index is 1260. The number of fused-ring (bicyclic) bond motifs is 1. The number of para-hydroxylation sites is 2. The third-order valence-electron chi connectivity index (χ3n) is 5.00. The van der Waals surface area contributed by atoms with E-state index in [-0.39, 0.29) is 5.56 Å². The number of furan rings is 1. The molecule has 0 aliphatic heterocycles. The number of ether oxygens (including phenoxy) is 1. The number of hydrogen-bond donors (Lipinski definition) is 2. The zero-order chi connectivity index (χ0) is 21.8. The molecule has 0 amide bonds. The Labute approximate surface area is 185 Å². The van der Waals surface area contributed by atoms with Crippen LogP contribution in [-0.2, 0) is 13.1 Å². The number of anilines is 1. The fourth-order valence-corrected chi connectivity index (χ4v) is 3.65. The molecule has 0 unspecified atom stereocenters. The minimum Gasteiger partial charge on any atom is -0.495 e. The molecule has 4 rings (SSSR count). The van der Waals surface area contributed by atoms with Crippen LogP contribution in [0.25, 0.3) is 10.9 Å². The van der Waals surface area contributed by atoms with Gasteiger partial charge in [0.2, 0.25) is 0 Å². The van der Waals surface area contributed by atoms with Crippen molar-refractivity contribution in [3.8, 4) is 5.75 Å². The van der Waals surface area contributed by atoms with Crippen LogP contribution in [0.1, 0.15) is 16.9 Å². The number of thiocarbonyl (C=S) groups is 1. The summed E-state index contributed by atoms with van der Waals surface area (Å²) < 4.78 is 10.9. The number of nitrogens with zero attached hydrogens (tertiary/aromatic N) is 1. The monoisotopic (exact) mass is 433 g/mol. The van der Waals surface area contributed by atoms with Crippen molar-refractivity contribution in [2.45, 2.75) is 20.0 Å². The lowest BCUT2D eigenvalue weighted by Gasteiger charge is -2.25. The van der Waals surface area contributed by atoms with Crippen molar-refractivity contribution < 1.29 is 9.15 Å². The smallest absolute Gasteiger partial charge is 0.253 e. The number of hydrogen-bond acceptors (Lipinski definition) is 4. The third-order valence-corrected chi connectivity index (χ3v) is 5.36. The van der Waals surface area contributed by atoms with Gasteiger partial charge in [0.05, 0.1) is 32.1 Å². The van der Waals surface area contributed by atoms with Crippen LogP contribution in [0.5, 0.6) is 5.75 Å². The Morgan fingerprint density at radius 2 is 1.97 bits per heavy atom. The van der Waals surface area contributed by atoms with E-state index in [2.05, 4.69) is 10.3 Å². The number of methoxy groups -OCH3 is 1. The number of pyridine rings is 1. The molecule has 158 valence electrons. The van der Waals surface area contributed by atoms with Gasteiger partial charge in [-0.2, -0.15) is 0 Å². The van der Waals surface area contributed by atoms with E-state index in [0.29, 0.717) is 29.5 Å². The topological polar surface area (TPSA) is 70.5 Å². The summed E-state index contributed by atoms with van der Waals surface area (Å²) in [4.78, 5) is 17.6. The van der Waals surface area contributed by atoms with Crippen molar-refractivity contribution in [3.05, 3.63) is 94.2 Å². The van der Waals surface area contributed by atoms with E-state index < -0.39 is 0 Å². The Hall–Kier alpha value is -3.58. The molecule has 31 heavy (non-hydrogen) atoms. The van der Waals surface area contributed by atoms with E-state index in [1.54, 1.807) is 13.4 Å². The molecule has 0 bridgehead atoms. The molecule has 0 aliphatic rings. The van der Waals surface area contributed by atoms with Crippen molar-refractivity contribution in [2.75, 3.05) is 12.4 Å². The number of nitrogens with one attached hydrogen (secondary N) is 2. The molecule has 0 fully saturated rings. The van der Waals surface area contributed by atoms with Crippen LogP contribution in [0.3, 0.4) is 0 Å². The Balaban J connectivity index is 1.64. The van der Waals surface area contributed by atoms with Crippen molar-refractivity contribution in [1.82, 2.24) is 9.88 Å². The second-order valence-electron chi connectivity index (χ2n) is 7.28. The quantitative estimate of drug-likeness (QED) is 0.424. The largest absolute Gasteiger partial charge is 0.495 e. The molecular weight excluding hydrogens is 410 g/mol. The maximum absolute atomic E-state index is 12.8. The van der Waals surface area contributed by atoms with Gasteiger partial charge < -0.3 is 24.4 Å². The van der Waals surface area contributed by atoms with Crippen molar-refractivity contribution >= 4 is 33.9 Å². The summed E-state index contributed by atoms with van der Waals surface area (Å²) in [5, 5.41) is 4.67. The minimum atomic E-state index is -0.136. The number of benzene rings is 2. The summed E-state index contributed by atoms with van der Waals surface area (Å²) >= 11 is 5.70. The van der Waals surface area contributed by atoms with Gasteiger partial charge >= 0.3 is 0 Å². The van der Waals surface area contributed by atoms with Crippen LogP contribution < -0.4 is 15.6 Å². The second-order valence-corrected chi connectivity index (χ2v) is 7.67. The highest BCUT2D eigenvalue weighted by atomic mass is 32.1. The molecule has 6 nitrogen and oxygen atoms in total. The van der Waals surface area contributed by atoms with Crippen LogP contribution in [0, 0.1) is 6.92 Å². The summed E-state index contributed by atoms with van der Waals surface area (Å²) in [7, 11) is 1.61. The van der Waals surface area contributed by atoms with Crippen LogP contribution >= 0.6 is 12.2 Å². The number of aromatic amines is 1. The molecule has 2 N–H and O–H groups in total.